The molecule has 2 nitrogen and oxygen atoms in total. The van der Waals surface area contributed by atoms with Crippen LogP contribution in [0.15, 0.2) is 24.5 Å². The van der Waals surface area contributed by atoms with Crippen LogP contribution in [-0.2, 0) is 6.42 Å². The highest BCUT2D eigenvalue weighted by atomic mass is 14.8. The van der Waals surface area contributed by atoms with Gasteiger partial charge in [-0.1, -0.05) is 25.8 Å². The normalized spacial score (nSPS) is 28.2. The van der Waals surface area contributed by atoms with Crippen LogP contribution in [0.25, 0.3) is 0 Å². The Balaban J connectivity index is 2.00. The van der Waals surface area contributed by atoms with E-state index in [0.29, 0.717) is 0 Å². The van der Waals surface area contributed by atoms with Crippen molar-refractivity contribution in [1.82, 2.24) is 10.3 Å². The third-order valence-corrected chi connectivity index (χ3v) is 4.51. The van der Waals surface area contributed by atoms with Crippen LogP contribution < -0.4 is 5.32 Å². The molecule has 1 N–H and O–H groups in total. The largest absolute Gasteiger partial charge is 0.319 e. The van der Waals surface area contributed by atoms with Gasteiger partial charge in [-0.05, 0) is 62.2 Å². The van der Waals surface area contributed by atoms with E-state index in [0.717, 1.165) is 17.8 Å². The molecule has 1 aliphatic carbocycles. The summed E-state index contributed by atoms with van der Waals surface area (Å²) < 4.78 is 0. The van der Waals surface area contributed by atoms with Crippen LogP contribution in [0.5, 0.6) is 0 Å². The van der Waals surface area contributed by atoms with Gasteiger partial charge in [0.1, 0.15) is 0 Å². The lowest BCUT2D eigenvalue weighted by Crippen LogP contribution is -2.33. The Morgan fingerprint density at radius 1 is 1.33 bits per heavy atom. The monoisotopic (exact) mass is 246 g/mol. The molecule has 0 aromatic carbocycles. The van der Waals surface area contributed by atoms with Crippen molar-refractivity contribution < 1.29 is 0 Å². The number of hydrogen-bond acceptors (Lipinski definition) is 2. The van der Waals surface area contributed by atoms with Crippen molar-refractivity contribution in [1.29, 1.82) is 0 Å². The molecule has 1 saturated carbocycles. The quantitative estimate of drug-likeness (QED) is 0.862. The lowest BCUT2D eigenvalue weighted by atomic mass is 9.71. The fourth-order valence-corrected chi connectivity index (χ4v) is 3.40. The van der Waals surface area contributed by atoms with E-state index in [4.69, 9.17) is 0 Å². The minimum Gasteiger partial charge on any atom is -0.319 e. The predicted octanol–water partition coefficient (Wildman–Crippen LogP) is 3.29. The minimum atomic E-state index is 0.834. The molecular weight excluding hydrogens is 220 g/mol. The Hall–Kier alpha value is -0.890. The van der Waals surface area contributed by atoms with E-state index in [-0.39, 0.29) is 0 Å². The van der Waals surface area contributed by atoms with Gasteiger partial charge >= 0.3 is 0 Å². The van der Waals surface area contributed by atoms with Crippen LogP contribution in [0.1, 0.15) is 38.2 Å². The zero-order chi connectivity index (χ0) is 12.8. The molecule has 1 fully saturated rings. The van der Waals surface area contributed by atoms with Crippen LogP contribution in [0, 0.1) is 17.8 Å². The summed E-state index contributed by atoms with van der Waals surface area (Å²) in [6, 6.07) is 4.28. The molecule has 2 heteroatoms. The molecule has 18 heavy (non-hydrogen) atoms. The average Bonchev–Trinajstić information content (AvgIpc) is 2.42. The first-order valence-corrected chi connectivity index (χ1v) is 7.37. The van der Waals surface area contributed by atoms with E-state index in [1.54, 1.807) is 0 Å². The van der Waals surface area contributed by atoms with Gasteiger partial charge in [-0.3, -0.25) is 4.98 Å². The van der Waals surface area contributed by atoms with Crippen molar-refractivity contribution in [2.75, 3.05) is 13.6 Å². The van der Waals surface area contributed by atoms with E-state index in [1.807, 2.05) is 12.4 Å². The number of pyridine rings is 1. The number of nitrogens with one attached hydrogen (secondary N) is 1. The summed E-state index contributed by atoms with van der Waals surface area (Å²) in [5.41, 5.74) is 1.40. The molecule has 1 heterocycles. The van der Waals surface area contributed by atoms with Crippen molar-refractivity contribution in [3.63, 3.8) is 0 Å². The molecule has 0 amide bonds. The summed E-state index contributed by atoms with van der Waals surface area (Å²) in [5, 5.41) is 3.37. The van der Waals surface area contributed by atoms with Crippen LogP contribution >= 0.6 is 0 Å². The fourth-order valence-electron chi connectivity index (χ4n) is 3.40. The van der Waals surface area contributed by atoms with Crippen LogP contribution in [0.2, 0.25) is 0 Å². The van der Waals surface area contributed by atoms with Gasteiger partial charge in [-0.15, -0.1) is 0 Å². The van der Waals surface area contributed by atoms with Gasteiger partial charge in [0.2, 0.25) is 0 Å². The van der Waals surface area contributed by atoms with Crippen LogP contribution in [-0.4, -0.2) is 18.6 Å². The number of nitrogens with zero attached hydrogens (tertiary/aromatic N) is 1. The summed E-state index contributed by atoms with van der Waals surface area (Å²) in [4.78, 5) is 4.24. The second-order valence-corrected chi connectivity index (χ2v) is 5.73. The number of rotatable bonds is 5. The second-order valence-electron chi connectivity index (χ2n) is 5.73. The molecule has 0 bridgehead atoms. The van der Waals surface area contributed by atoms with Crippen molar-refractivity contribution in [2.45, 2.75) is 39.0 Å². The van der Waals surface area contributed by atoms with Crippen molar-refractivity contribution in [3.8, 4) is 0 Å². The van der Waals surface area contributed by atoms with Crippen LogP contribution in [0.4, 0.5) is 0 Å². The SMILES string of the molecule is CCC1CCC(CNC)C(Cc2cccnc2)C1. The van der Waals surface area contributed by atoms with E-state index in [1.165, 1.54) is 44.2 Å². The molecule has 2 rings (SSSR count). The first-order valence-electron chi connectivity index (χ1n) is 7.37. The number of aromatic nitrogens is 1. The minimum absolute atomic E-state index is 0.834. The fraction of sp³-hybridized carbons (Fsp3) is 0.688. The third kappa shape index (κ3) is 3.55. The van der Waals surface area contributed by atoms with Gasteiger partial charge in [0, 0.05) is 12.4 Å². The maximum Gasteiger partial charge on any atom is 0.0299 e. The first kappa shape index (κ1) is 13.5. The first-order chi connectivity index (χ1) is 8.83. The standard InChI is InChI=1S/C16H26N2/c1-3-13-6-7-15(12-17-2)16(9-13)10-14-5-4-8-18-11-14/h4-5,8,11,13,15-17H,3,6-7,9-10,12H2,1-2H3. The Kier molecular flexibility index (Phi) is 5.18. The smallest absolute Gasteiger partial charge is 0.0299 e. The lowest BCUT2D eigenvalue weighted by Gasteiger charge is -2.36. The Labute approximate surface area is 111 Å². The molecule has 100 valence electrons. The molecule has 1 aromatic heterocycles. The molecular formula is C16H26N2. The second kappa shape index (κ2) is 6.89. The Morgan fingerprint density at radius 2 is 2.22 bits per heavy atom. The number of hydrogen-bond donors (Lipinski definition) is 1. The van der Waals surface area contributed by atoms with E-state index in [9.17, 15) is 0 Å². The summed E-state index contributed by atoms with van der Waals surface area (Å²) in [6.45, 7) is 3.51. The highest BCUT2D eigenvalue weighted by Crippen LogP contribution is 2.37. The van der Waals surface area contributed by atoms with E-state index >= 15 is 0 Å². The lowest BCUT2D eigenvalue weighted by molar-refractivity contribution is 0.173. The van der Waals surface area contributed by atoms with Gasteiger partial charge in [0.05, 0.1) is 0 Å². The maximum atomic E-state index is 4.24. The maximum absolute atomic E-state index is 4.24. The molecule has 0 spiro atoms. The average molecular weight is 246 g/mol. The van der Waals surface area contributed by atoms with Crippen molar-refractivity contribution in [3.05, 3.63) is 30.1 Å². The molecule has 1 aromatic rings. The highest BCUT2D eigenvalue weighted by molar-refractivity contribution is 5.10. The van der Waals surface area contributed by atoms with Gasteiger partial charge < -0.3 is 5.32 Å². The van der Waals surface area contributed by atoms with Gasteiger partial charge in [0.25, 0.3) is 0 Å². The molecule has 3 atom stereocenters. The summed E-state index contributed by atoms with van der Waals surface area (Å²) in [7, 11) is 2.08. The zero-order valence-corrected chi connectivity index (χ0v) is 11.7. The summed E-state index contributed by atoms with van der Waals surface area (Å²) in [6.07, 6.45) is 10.7. The van der Waals surface area contributed by atoms with Gasteiger partial charge in [-0.25, -0.2) is 0 Å². The predicted molar refractivity (Wildman–Crippen MR) is 76.5 cm³/mol. The van der Waals surface area contributed by atoms with Crippen LogP contribution in [0.3, 0.4) is 0 Å². The summed E-state index contributed by atoms with van der Waals surface area (Å²) >= 11 is 0. The Morgan fingerprint density at radius 3 is 2.89 bits per heavy atom. The molecule has 1 aliphatic rings. The molecule has 0 saturated heterocycles. The van der Waals surface area contributed by atoms with Crippen molar-refractivity contribution in [2.24, 2.45) is 17.8 Å². The molecule has 3 unspecified atom stereocenters. The third-order valence-electron chi connectivity index (χ3n) is 4.51. The van der Waals surface area contributed by atoms with E-state index < -0.39 is 0 Å². The van der Waals surface area contributed by atoms with E-state index in [2.05, 4.69) is 36.4 Å². The Bertz CT molecular complexity index is 336. The van der Waals surface area contributed by atoms with Crippen molar-refractivity contribution >= 4 is 0 Å². The molecule has 0 radical (unpaired) electrons. The highest BCUT2D eigenvalue weighted by Gasteiger charge is 2.29. The molecule has 0 aliphatic heterocycles. The zero-order valence-electron chi connectivity index (χ0n) is 11.7. The van der Waals surface area contributed by atoms with Gasteiger partial charge in [-0.2, -0.15) is 0 Å². The topological polar surface area (TPSA) is 24.9 Å². The van der Waals surface area contributed by atoms with Gasteiger partial charge in [0.15, 0.2) is 0 Å². The summed E-state index contributed by atoms with van der Waals surface area (Å²) in [5.74, 6) is 2.62.